The van der Waals surface area contributed by atoms with Crippen molar-refractivity contribution in [1.82, 2.24) is 15.5 Å². The summed E-state index contributed by atoms with van der Waals surface area (Å²) in [6, 6.07) is 0. The Balaban J connectivity index is 1.81. The first-order valence-electron chi connectivity index (χ1n) is 6.91. The van der Waals surface area contributed by atoms with Gasteiger partial charge in [0.25, 0.3) is 0 Å². The number of hydrogen-bond acceptors (Lipinski definition) is 5. The Hall–Kier alpha value is -0.680. The maximum Gasteiger partial charge on any atom is 0.208 e. The first-order chi connectivity index (χ1) is 8.65. The molecule has 0 radical (unpaired) electrons. The molecule has 0 bridgehead atoms. The highest BCUT2D eigenvalue weighted by molar-refractivity contribution is 7.15. The van der Waals surface area contributed by atoms with E-state index in [0.29, 0.717) is 0 Å². The lowest BCUT2D eigenvalue weighted by Crippen LogP contribution is -2.40. The van der Waals surface area contributed by atoms with Gasteiger partial charge in [-0.25, -0.2) is 0 Å². The molecule has 0 amide bonds. The number of nitrogens with zero attached hydrogens (tertiary/aromatic N) is 3. The molecule has 0 saturated carbocycles. The minimum Gasteiger partial charge on any atom is -0.346 e. The summed E-state index contributed by atoms with van der Waals surface area (Å²) in [6.07, 6.45) is 2.60. The Bertz CT molecular complexity index is 364. The number of piperidine rings is 1. The molecule has 1 fully saturated rings. The first kappa shape index (κ1) is 13.7. The Morgan fingerprint density at radius 2 is 2.28 bits per heavy atom. The fraction of sp³-hybridized carbons (Fsp3) is 0.846. The van der Waals surface area contributed by atoms with Gasteiger partial charge in [-0.15, -0.1) is 10.2 Å². The van der Waals surface area contributed by atoms with E-state index in [1.807, 2.05) is 6.92 Å². The standard InChI is InChI=1S/C13H24N4S/c1-10(2)7-14-8-12-5-4-6-17(9-12)13-16-15-11(3)18-13/h10,12,14H,4-9H2,1-3H3. The molecule has 2 heterocycles. The maximum absolute atomic E-state index is 4.26. The zero-order valence-electron chi connectivity index (χ0n) is 11.6. The average Bonchev–Trinajstić information content (AvgIpc) is 2.76. The molecule has 1 atom stereocenters. The van der Waals surface area contributed by atoms with Crippen molar-refractivity contribution >= 4 is 16.5 Å². The van der Waals surface area contributed by atoms with E-state index in [1.165, 1.54) is 12.8 Å². The Labute approximate surface area is 114 Å². The predicted octanol–water partition coefficient (Wildman–Crippen LogP) is 2.31. The van der Waals surface area contributed by atoms with Crippen LogP contribution in [0.15, 0.2) is 0 Å². The molecule has 5 heteroatoms. The molecule has 4 nitrogen and oxygen atoms in total. The van der Waals surface area contributed by atoms with Gasteiger partial charge in [0.05, 0.1) is 0 Å². The van der Waals surface area contributed by atoms with Gasteiger partial charge in [-0.3, -0.25) is 0 Å². The third kappa shape index (κ3) is 3.92. The van der Waals surface area contributed by atoms with Gasteiger partial charge < -0.3 is 10.2 Å². The van der Waals surface area contributed by atoms with E-state index in [2.05, 4.69) is 34.3 Å². The molecule has 1 saturated heterocycles. The molecule has 1 aliphatic heterocycles. The monoisotopic (exact) mass is 268 g/mol. The van der Waals surface area contributed by atoms with Crippen LogP contribution in [0.3, 0.4) is 0 Å². The highest BCUT2D eigenvalue weighted by atomic mass is 32.1. The number of nitrogens with one attached hydrogen (secondary N) is 1. The second-order valence-corrected chi connectivity index (χ2v) is 6.77. The second-order valence-electron chi connectivity index (χ2n) is 5.61. The second kappa shape index (κ2) is 6.48. The molecule has 0 aliphatic carbocycles. The van der Waals surface area contributed by atoms with Crippen LogP contribution in [-0.4, -0.2) is 36.4 Å². The Kier molecular flexibility index (Phi) is 4.95. The summed E-state index contributed by atoms with van der Waals surface area (Å²) >= 11 is 1.71. The van der Waals surface area contributed by atoms with Crippen molar-refractivity contribution in [1.29, 1.82) is 0 Å². The lowest BCUT2D eigenvalue weighted by Gasteiger charge is -2.32. The number of anilines is 1. The fourth-order valence-electron chi connectivity index (χ4n) is 2.40. The SMILES string of the molecule is Cc1nnc(N2CCCC(CNCC(C)C)C2)s1. The molecule has 1 N–H and O–H groups in total. The third-order valence-electron chi connectivity index (χ3n) is 3.29. The third-order valence-corrected chi connectivity index (χ3v) is 4.19. The molecule has 1 aromatic heterocycles. The van der Waals surface area contributed by atoms with Gasteiger partial charge in [0.15, 0.2) is 0 Å². The molecule has 1 aromatic rings. The Morgan fingerprint density at radius 3 is 2.94 bits per heavy atom. The Morgan fingerprint density at radius 1 is 1.44 bits per heavy atom. The number of aryl methyl sites for hydroxylation is 1. The van der Waals surface area contributed by atoms with Crippen LogP contribution in [-0.2, 0) is 0 Å². The summed E-state index contributed by atoms with van der Waals surface area (Å²) < 4.78 is 0. The lowest BCUT2D eigenvalue weighted by atomic mass is 9.98. The summed E-state index contributed by atoms with van der Waals surface area (Å²) in [5.74, 6) is 1.48. The van der Waals surface area contributed by atoms with Gasteiger partial charge >= 0.3 is 0 Å². The van der Waals surface area contributed by atoms with E-state index in [-0.39, 0.29) is 0 Å². The smallest absolute Gasteiger partial charge is 0.208 e. The van der Waals surface area contributed by atoms with E-state index < -0.39 is 0 Å². The maximum atomic E-state index is 4.26. The van der Waals surface area contributed by atoms with Crippen molar-refractivity contribution in [3.8, 4) is 0 Å². The normalized spacial score (nSPS) is 20.7. The van der Waals surface area contributed by atoms with Crippen molar-refractivity contribution in [3.63, 3.8) is 0 Å². The fourth-order valence-corrected chi connectivity index (χ4v) is 3.12. The largest absolute Gasteiger partial charge is 0.346 e. The van der Waals surface area contributed by atoms with E-state index in [0.717, 1.165) is 48.2 Å². The zero-order chi connectivity index (χ0) is 13.0. The van der Waals surface area contributed by atoms with Crippen molar-refractivity contribution in [3.05, 3.63) is 5.01 Å². The van der Waals surface area contributed by atoms with Crippen LogP contribution in [0.5, 0.6) is 0 Å². The molecule has 2 rings (SSSR count). The lowest BCUT2D eigenvalue weighted by molar-refractivity contribution is 0.382. The quantitative estimate of drug-likeness (QED) is 0.890. The van der Waals surface area contributed by atoms with Crippen LogP contribution in [0, 0.1) is 18.8 Å². The minimum absolute atomic E-state index is 0.732. The van der Waals surface area contributed by atoms with Crippen LogP contribution in [0.4, 0.5) is 5.13 Å². The van der Waals surface area contributed by atoms with Gasteiger partial charge in [-0.1, -0.05) is 25.2 Å². The first-order valence-corrected chi connectivity index (χ1v) is 7.72. The van der Waals surface area contributed by atoms with Crippen LogP contribution < -0.4 is 10.2 Å². The molecular weight excluding hydrogens is 244 g/mol. The van der Waals surface area contributed by atoms with Crippen molar-refractivity contribution in [2.45, 2.75) is 33.6 Å². The molecular formula is C13H24N4S. The van der Waals surface area contributed by atoms with Crippen molar-refractivity contribution in [2.24, 2.45) is 11.8 Å². The van der Waals surface area contributed by atoms with E-state index in [1.54, 1.807) is 11.3 Å². The molecule has 1 unspecified atom stereocenters. The zero-order valence-corrected chi connectivity index (χ0v) is 12.5. The number of aromatic nitrogens is 2. The van der Waals surface area contributed by atoms with Gasteiger partial charge in [0.2, 0.25) is 5.13 Å². The van der Waals surface area contributed by atoms with Crippen LogP contribution >= 0.6 is 11.3 Å². The number of hydrogen-bond donors (Lipinski definition) is 1. The van der Waals surface area contributed by atoms with Gasteiger partial charge in [-0.2, -0.15) is 0 Å². The molecule has 18 heavy (non-hydrogen) atoms. The average molecular weight is 268 g/mol. The predicted molar refractivity (Wildman–Crippen MR) is 77.3 cm³/mol. The van der Waals surface area contributed by atoms with E-state index >= 15 is 0 Å². The number of rotatable bonds is 5. The van der Waals surface area contributed by atoms with E-state index in [9.17, 15) is 0 Å². The van der Waals surface area contributed by atoms with Crippen LogP contribution in [0.25, 0.3) is 0 Å². The van der Waals surface area contributed by atoms with Crippen molar-refractivity contribution in [2.75, 3.05) is 31.1 Å². The summed E-state index contributed by atoms with van der Waals surface area (Å²) in [5.41, 5.74) is 0. The summed E-state index contributed by atoms with van der Waals surface area (Å²) in [6.45, 7) is 11.0. The van der Waals surface area contributed by atoms with Gasteiger partial charge in [0, 0.05) is 13.1 Å². The van der Waals surface area contributed by atoms with Crippen LogP contribution in [0.1, 0.15) is 31.7 Å². The highest BCUT2D eigenvalue weighted by Gasteiger charge is 2.22. The topological polar surface area (TPSA) is 41.1 Å². The molecule has 1 aliphatic rings. The molecule has 0 spiro atoms. The van der Waals surface area contributed by atoms with E-state index in [4.69, 9.17) is 0 Å². The van der Waals surface area contributed by atoms with Crippen molar-refractivity contribution < 1.29 is 0 Å². The highest BCUT2D eigenvalue weighted by Crippen LogP contribution is 2.25. The van der Waals surface area contributed by atoms with Gasteiger partial charge in [0.1, 0.15) is 5.01 Å². The van der Waals surface area contributed by atoms with Gasteiger partial charge in [-0.05, 0) is 44.7 Å². The van der Waals surface area contributed by atoms with Crippen LogP contribution in [0.2, 0.25) is 0 Å². The molecule has 0 aromatic carbocycles. The summed E-state index contributed by atoms with van der Waals surface area (Å²) in [5, 5.41) is 14.1. The molecule has 102 valence electrons. The summed E-state index contributed by atoms with van der Waals surface area (Å²) in [4.78, 5) is 2.40. The minimum atomic E-state index is 0.732. The summed E-state index contributed by atoms with van der Waals surface area (Å²) in [7, 11) is 0.